The van der Waals surface area contributed by atoms with E-state index in [-0.39, 0.29) is 5.91 Å². The molecule has 0 fully saturated rings. The fourth-order valence-electron chi connectivity index (χ4n) is 2.03. The highest BCUT2D eigenvalue weighted by molar-refractivity contribution is 5.92. The molecule has 3 heterocycles. The number of nitrogens with zero attached hydrogens (tertiary/aromatic N) is 6. The molecule has 22 heavy (non-hydrogen) atoms. The Morgan fingerprint density at radius 1 is 1.14 bits per heavy atom. The standard InChI is InChI=1S/C14H17N7O/c1-2-19-8-4-12(17-19)10-15-14(22)13-5-9-21(18-13)11-20-7-3-6-16-20/h3-9H,2,10-11H2,1H3,(H,15,22). The van der Waals surface area contributed by atoms with Crippen molar-refractivity contribution in [2.75, 3.05) is 0 Å². The van der Waals surface area contributed by atoms with Crippen LogP contribution in [-0.4, -0.2) is 35.2 Å². The third-order valence-corrected chi connectivity index (χ3v) is 3.17. The number of aromatic nitrogens is 6. The van der Waals surface area contributed by atoms with E-state index in [9.17, 15) is 4.79 Å². The van der Waals surface area contributed by atoms with Crippen LogP contribution >= 0.6 is 0 Å². The van der Waals surface area contributed by atoms with Crippen molar-refractivity contribution in [2.24, 2.45) is 0 Å². The number of hydrogen-bond acceptors (Lipinski definition) is 4. The number of carbonyl (C=O) groups excluding carboxylic acids is 1. The number of rotatable bonds is 6. The Balaban J connectivity index is 1.57. The first-order valence-electron chi connectivity index (χ1n) is 7.06. The largest absolute Gasteiger partial charge is 0.345 e. The highest BCUT2D eigenvalue weighted by Crippen LogP contribution is 1.99. The highest BCUT2D eigenvalue weighted by atomic mass is 16.1. The molecule has 0 saturated heterocycles. The molecule has 3 aromatic heterocycles. The van der Waals surface area contributed by atoms with Crippen molar-refractivity contribution in [3.05, 3.63) is 54.4 Å². The van der Waals surface area contributed by atoms with Gasteiger partial charge in [-0.25, -0.2) is 0 Å². The Labute approximate surface area is 127 Å². The van der Waals surface area contributed by atoms with E-state index in [1.807, 2.05) is 36.1 Å². The second kappa shape index (κ2) is 6.25. The minimum absolute atomic E-state index is 0.217. The maximum atomic E-state index is 12.1. The van der Waals surface area contributed by atoms with Gasteiger partial charge in [-0.05, 0) is 25.1 Å². The van der Waals surface area contributed by atoms with Gasteiger partial charge in [0.25, 0.3) is 5.91 Å². The van der Waals surface area contributed by atoms with Gasteiger partial charge in [0.05, 0.1) is 12.2 Å². The van der Waals surface area contributed by atoms with Gasteiger partial charge in [0, 0.05) is 31.3 Å². The molecule has 0 saturated carbocycles. The normalized spacial score (nSPS) is 10.8. The molecule has 0 atom stereocenters. The van der Waals surface area contributed by atoms with Gasteiger partial charge in [-0.2, -0.15) is 15.3 Å². The molecule has 8 heteroatoms. The molecule has 0 aliphatic carbocycles. The van der Waals surface area contributed by atoms with Gasteiger partial charge >= 0.3 is 0 Å². The quantitative estimate of drug-likeness (QED) is 0.727. The molecule has 8 nitrogen and oxygen atoms in total. The van der Waals surface area contributed by atoms with Crippen LogP contribution in [0.5, 0.6) is 0 Å². The van der Waals surface area contributed by atoms with Gasteiger partial charge in [0.15, 0.2) is 0 Å². The highest BCUT2D eigenvalue weighted by Gasteiger charge is 2.10. The maximum absolute atomic E-state index is 12.1. The minimum atomic E-state index is -0.217. The molecule has 0 radical (unpaired) electrons. The summed E-state index contributed by atoms with van der Waals surface area (Å²) < 4.78 is 5.21. The lowest BCUT2D eigenvalue weighted by molar-refractivity contribution is 0.0944. The van der Waals surface area contributed by atoms with E-state index in [0.717, 1.165) is 12.2 Å². The third kappa shape index (κ3) is 3.22. The van der Waals surface area contributed by atoms with Crippen molar-refractivity contribution >= 4 is 5.91 Å². The Bertz CT molecular complexity index is 741. The summed E-state index contributed by atoms with van der Waals surface area (Å²) in [6, 6.07) is 5.41. The summed E-state index contributed by atoms with van der Waals surface area (Å²) in [6.07, 6.45) is 7.18. The molecule has 3 aromatic rings. The van der Waals surface area contributed by atoms with Crippen molar-refractivity contribution in [2.45, 2.75) is 26.7 Å². The van der Waals surface area contributed by atoms with Gasteiger partial charge in [0.1, 0.15) is 12.4 Å². The Kier molecular flexibility index (Phi) is 3.99. The van der Waals surface area contributed by atoms with Crippen molar-refractivity contribution in [3.8, 4) is 0 Å². The van der Waals surface area contributed by atoms with E-state index in [2.05, 4.69) is 20.6 Å². The average molecular weight is 299 g/mol. The predicted molar refractivity (Wildman–Crippen MR) is 78.9 cm³/mol. The molecule has 0 unspecified atom stereocenters. The third-order valence-electron chi connectivity index (χ3n) is 3.17. The summed E-state index contributed by atoms with van der Waals surface area (Å²) >= 11 is 0. The molecule has 0 bridgehead atoms. The summed E-state index contributed by atoms with van der Waals surface area (Å²) in [5.74, 6) is -0.217. The summed E-state index contributed by atoms with van der Waals surface area (Å²) in [4.78, 5) is 12.1. The van der Waals surface area contributed by atoms with E-state index in [0.29, 0.717) is 18.9 Å². The van der Waals surface area contributed by atoms with Crippen molar-refractivity contribution in [3.63, 3.8) is 0 Å². The molecule has 0 aromatic carbocycles. The first-order chi connectivity index (χ1) is 10.7. The molecule has 114 valence electrons. The van der Waals surface area contributed by atoms with E-state index in [1.54, 1.807) is 27.8 Å². The molecule has 0 spiro atoms. The number of hydrogen-bond donors (Lipinski definition) is 1. The lowest BCUT2D eigenvalue weighted by atomic mass is 10.4. The number of nitrogens with one attached hydrogen (secondary N) is 1. The molecule has 1 N–H and O–H groups in total. The molecule has 0 aliphatic heterocycles. The summed E-state index contributed by atoms with van der Waals surface area (Å²) in [5, 5.41) is 15.5. The SMILES string of the molecule is CCn1ccc(CNC(=O)c2ccn(Cn3cccn3)n2)n1. The number of carbonyl (C=O) groups is 1. The lowest BCUT2D eigenvalue weighted by Crippen LogP contribution is -2.24. The molecule has 1 amide bonds. The zero-order valence-corrected chi connectivity index (χ0v) is 12.3. The van der Waals surface area contributed by atoms with Gasteiger partial charge in [-0.15, -0.1) is 0 Å². The zero-order valence-electron chi connectivity index (χ0n) is 12.3. The zero-order chi connectivity index (χ0) is 15.4. The molecule has 0 aliphatic rings. The smallest absolute Gasteiger partial charge is 0.272 e. The van der Waals surface area contributed by atoms with Crippen LogP contribution in [0.15, 0.2) is 43.0 Å². The van der Waals surface area contributed by atoms with Crippen LogP contribution in [0.3, 0.4) is 0 Å². The maximum Gasteiger partial charge on any atom is 0.272 e. The fraction of sp³-hybridized carbons (Fsp3) is 0.286. The van der Waals surface area contributed by atoms with E-state index in [1.165, 1.54) is 0 Å². The number of amides is 1. The van der Waals surface area contributed by atoms with Crippen LogP contribution in [0.25, 0.3) is 0 Å². The Morgan fingerprint density at radius 2 is 2.00 bits per heavy atom. The summed E-state index contributed by atoms with van der Waals surface area (Å²) in [6.45, 7) is 3.69. The lowest BCUT2D eigenvalue weighted by Gasteiger charge is -2.02. The van der Waals surface area contributed by atoms with Crippen LogP contribution in [0, 0.1) is 0 Å². The van der Waals surface area contributed by atoms with Crippen LogP contribution in [0.1, 0.15) is 23.1 Å². The summed E-state index contributed by atoms with van der Waals surface area (Å²) in [7, 11) is 0. The molecular weight excluding hydrogens is 282 g/mol. The molecular formula is C14H17N7O. The van der Waals surface area contributed by atoms with Crippen LogP contribution < -0.4 is 5.32 Å². The first kappa shape index (κ1) is 14.1. The van der Waals surface area contributed by atoms with Gasteiger partial charge in [0.2, 0.25) is 0 Å². The monoisotopic (exact) mass is 299 g/mol. The van der Waals surface area contributed by atoms with Crippen molar-refractivity contribution < 1.29 is 4.79 Å². The summed E-state index contributed by atoms with van der Waals surface area (Å²) in [5.41, 5.74) is 1.20. The van der Waals surface area contributed by atoms with Crippen LogP contribution in [0.4, 0.5) is 0 Å². The predicted octanol–water partition coefficient (Wildman–Crippen LogP) is 0.732. The first-order valence-corrected chi connectivity index (χ1v) is 7.06. The topological polar surface area (TPSA) is 82.6 Å². The van der Waals surface area contributed by atoms with Crippen LogP contribution in [-0.2, 0) is 19.8 Å². The number of aryl methyl sites for hydroxylation is 1. The Morgan fingerprint density at radius 3 is 2.73 bits per heavy atom. The van der Waals surface area contributed by atoms with Crippen molar-refractivity contribution in [1.82, 2.24) is 34.7 Å². The second-order valence-corrected chi connectivity index (χ2v) is 4.77. The van der Waals surface area contributed by atoms with Gasteiger partial charge in [-0.3, -0.25) is 18.8 Å². The van der Waals surface area contributed by atoms with Gasteiger partial charge in [-0.1, -0.05) is 0 Å². The van der Waals surface area contributed by atoms with Gasteiger partial charge < -0.3 is 5.32 Å². The van der Waals surface area contributed by atoms with Crippen LogP contribution in [0.2, 0.25) is 0 Å². The van der Waals surface area contributed by atoms with E-state index >= 15 is 0 Å². The molecule has 3 rings (SSSR count). The second-order valence-electron chi connectivity index (χ2n) is 4.77. The van der Waals surface area contributed by atoms with E-state index < -0.39 is 0 Å². The average Bonchev–Trinajstić information content (AvgIpc) is 3.27. The Hall–Kier alpha value is -2.90. The fourth-order valence-corrected chi connectivity index (χ4v) is 2.03. The minimum Gasteiger partial charge on any atom is -0.345 e. The van der Waals surface area contributed by atoms with E-state index in [4.69, 9.17) is 0 Å². The van der Waals surface area contributed by atoms with Crippen molar-refractivity contribution in [1.29, 1.82) is 0 Å².